The van der Waals surface area contributed by atoms with E-state index in [4.69, 9.17) is 25.1 Å². The topological polar surface area (TPSA) is 311 Å². The Hall–Kier alpha value is -10.3. The molecule has 11 aromatic rings. The number of nitro groups is 3. The molecule has 13 rings (SSSR count). The van der Waals surface area contributed by atoms with Gasteiger partial charge in [0.05, 0.1) is 4.92 Å². The van der Waals surface area contributed by atoms with Gasteiger partial charge in [0.25, 0.3) is 0 Å². The maximum Gasteiger partial charge on any atom is 0.236 e. The molecule has 0 spiro atoms. The molecule has 21 heteroatoms. The van der Waals surface area contributed by atoms with Crippen molar-refractivity contribution in [2.24, 2.45) is 5.73 Å². The van der Waals surface area contributed by atoms with Gasteiger partial charge in [-0.2, -0.15) is 0 Å². The van der Waals surface area contributed by atoms with E-state index in [1.54, 1.807) is 13.0 Å². The molecule has 0 bridgehead atoms. The Bertz CT molecular complexity index is 4250. The van der Waals surface area contributed by atoms with Gasteiger partial charge in [-0.1, -0.05) is 98.4 Å². The minimum atomic E-state index is -0.819. The zero-order chi connectivity index (χ0) is 67.3. The second kappa shape index (κ2) is 35.1. The number of hydrogen-bond acceptors (Lipinski definition) is 14. The van der Waals surface area contributed by atoms with Gasteiger partial charge in [0.15, 0.2) is 0 Å². The average molecular weight is 1290 g/mol. The molecule has 0 radical (unpaired) electrons. The number of aliphatic hydroxyl groups is 1. The Kier molecular flexibility index (Phi) is 26.6. The molecule has 0 saturated carbocycles. The van der Waals surface area contributed by atoms with Crippen LogP contribution in [0.4, 0.5) is 0 Å². The number of aliphatic hydroxyl groups excluding tert-OH is 1. The third-order valence-electron chi connectivity index (χ3n) is 15.8. The second-order valence-corrected chi connectivity index (χ2v) is 23.8. The monoisotopic (exact) mass is 1290 g/mol. The summed E-state index contributed by atoms with van der Waals surface area (Å²) in [6.45, 7) is 16.9. The summed E-state index contributed by atoms with van der Waals surface area (Å²) in [4.78, 5) is 41.9. The highest BCUT2D eigenvalue weighted by Crippen LogP contribution is 2.32. The van der Waals surface area contributed by atoms with Crippen LogP contribution < -0.4 is 30.6 Å². The summed E-state index contributed by atoms with van der Waals surface area (Å²) in [7, 11) is 0. The number of ether oxygens (including phenoxy) is 3. The molecule has 6 heterocycles. The zero-order valence-corrected chi connectivity index (χ0v) is 53.9. The number of aromatic nitrogens is 4. The fourth-order valence-electron chi connectivity index (χ4n) is 10.6. The molecule has 0 amide bonds. The fraction of sp³-hybridized carbons (Fsp3) is 0.297. The third kappa shape index (κ3) is 21.1. The van der Waals surface area contributed by atoms with E-state index in [2.05, 4.69) is 99.5 Å². The van der Waals surface area contributed by atoms with Crippen LogP contribution in [0.2, 0.25) is 0 Å². The van der Waals surface area contributed by atoms with Gasteiger partial charge >= 0.3 is 0 Å². The van der Waals surface area contributed by atoms with Crippen molar-refractivity contribution >= 4 is 43.6 Å². The van der Waals surface area contributed by atoms with Crippen molar-refractivity contribution in [1.29, 1.82) is 0 Å². The maximum atomic E-state index is 10.9. The first-order chi connectivity index (χ1) is 45.2. The average Bonchev–Trinajstić information content (AvgIpc) is 1.66. The first kappa shape index (κ1) is 72.1. The lowest BCUT2D eigenvalue weighted by molar-refractivity contribution is -0.521. The Morgan fingerprint density at radius 3 is 1.29 bits per heavy atom. The molecule has 0 fully saturated rings. The van der Waals surface area contributed by atoms with Gasteiger partial charge in [-0.25, -0.2) is 0 Å². The maximum absolute atomic E-state index is 10.9. The van der Waals surface area contributed by atoms with E-state index in [-0.39, 0.29) is 30.7 Å². The minimum absolute atomic E-state index is 0. The highest BCUT2D eigenvalue weighted by molar-refractivity contribution is 5.88. The molecule has 0 aliphatic carbocycles. The largest absolute Gasteiger partial charge is 0.508 e. The van der Waals surface area contributed by atoms with Gasteiger partial charge in [-0.05, 0) is 158 Å². The van der Waals surface area contributed by atoms with Crippen LogP contribution in [-0.2, 0) is 58.6 Å². The summed E-state index contributed by atoms with van der Waals surface area (Å²) < 4.78 is 17.7. The summed E-state index contributed by atoms with van der Waals surface area (Å²) in [5.41, 5.74) is 21.3. The number of phenols is 1. The van der Waals surface area contributed by atoms with Crippen molar-refractivity contribution in [1.82, 2.24) is 30.6 Å². The van der Waals surface area contributed by atoms with Crippen LogP contribution >= 0.6 is 0 Å². The van der Waals surface area contributed by atoms with E-state index in [1.807, 2.05) is 129 Å². The Balaban J connectivity index is 0.000000169. The van der Waals surface area contributed by atoms with Crippen molar-refractivity contribution in [2.75, 3.05) is 6.61 Å². The number of aromatic hydroxyl groups is 1. The molecule has 5 unspecified atom stereocenters. The summed E-state index contributed by atoms with van der Waals surface area (Å²) in [6.07, 6.45) is 7.23. The van der Waals surface area contributed by atoms with Crippen LogP contribution in [0.3, 0.4) is 0 Å². The van der Waals surface area contributed by atoms with Crippen molar-refractivity contribution in [3.05, 3.63) is 269 Å². The highest BCUT2D eigenvalue weighted by Gasteiger charge is 2.22. The molecule has 2 aliphatic heterocycles. The summed E-state index contributed by atoms with van der Waals surface area (Å²) in [5, 5.41) is 58.9. The minimum Gasteiger partial charge on any atom is -0.508 e. The molecular weight excluding hydrogens is 1200 g/mol. The smallest absolute Gasteiger partial charge is 0.236 e. The van der Waals surface area contributed by atoms with Crippen LogP contribution in [0.5, 0.6) is 23.0 Å². The van der Waals surface area contributed by atoms with Crippen LogP contribution in [-0.4, -0.2) is 81.7 Å². The van der Waals surface area contributed by atoms with Crippen LogP contribution in [0.15, 0.2) is 188 Å². The van der Waals surface area contributed by atoms with Gasteiger partial charge in [0.1, 0.15) is 49.4 Å². The lowest BCUT2D eigenvalue weighted by Crippen LogP contribution is -2.32. The Morgan fingerprint density at radius 2 is 0.926 bits per heavy atom. The molecule has 7 aromatic carbocycles. The number of nitrogens with zero attached hydrogens (tertiary/aromatic N) is 3. The molecule has 5 atom stereocenters. The number of benzene rings is 7. The fourth-order valence-corrected chi connectivity index (χ4v) is 10.6. The Morgan fingerprint density at radius 1 is 0.558 bits per heavy atom. The van der Waals surface area contributed by atoms with E-state index < -0.39 is 21.9 Å². The van der Waals surface area contributed by atoms with Gasteiger partial charge < -0.3 is 60.7 Å². The normalized spacial score (nSPS) is 14.4. The standard InChI is InChI=1S/C19H20N2O.C18H18N2O3.C18H20N2O.C12H14N2O.C3H7NO3.C3H5NO2.CH4/c1-13-9-16-17-10-15(22-12-14-5-3-2-4-6-14)7-8-18(17)21-19(16)11-20-13;1-13(20(21)22)9-15-11-19-18-8-7-16(10-17(15)18)23-12-14-5-3-2-4-6-14;1-13(19)9-15-11-20-18-8-7-16(10-17(15)18)21-12-14-5-3-2-4-6-14;1-7-4-9-10-5-8(15)2-3-11(10)14-12(9)6-13-7;1-3(2-5)4(6)7;1-3(2)4(5)6;/h2-8,10,13,20-21H,9,11-12H2,1H3;2-8,10-11,13,19H,9,12H2,1H3;2-8,10-11,13,20H,9,12,19H2,1H3;2-3,5,7,13-15H,4,6H2,1H3;3,5H,2H2,1H3;1H2,2H3;1H4. The van der Waals surface area contributed by atoms with Crippen molar-refractivity contribution in [3.63, 3.8) is 0 Å². The molecule has 500 valence electrons. The number of phenolic OH excluding ortho intramolecular Hbond substituents is 1. The van der Waals surface area contributed by atoms with Crippen LogP contribution in [0.1, 0.15) is 99.3 Å². The predicted octanol–water partition coefficient (Wildman–Crippen LogP) is 14.4. The van der Waals surface area contributed by atoms with Crippen molar-refractivity contribution < 1.29 is 39.2 Å². The SMILES string of the molecule is C.C=C(C)[N+](=O)[O-].CC(CO)[N+](=O)[O-].CC(Cc1c[nH]c2ccc(OCc3ccccc3)cc12)[N+](=O)[O-].CC(N)Cc1c[nH]c2ccc(OCc3ccccc3)cc12.CC1Cc2c([nH]c3ccc(O)cc23)CN1.CC1Cc2c([nH]c3ccc(OCc4ccccc4)cc23)CN1. The van der Waals surface area contributed by atoms with E-state index in [0.717, 1.165) is 82.7 Å². The van der Waals surface area contributed by atoms with Gasteiger partial charge in [-0.3, -0.25) is 30.3 Å². The first-order valence-electron chi connectivity index (χ1n) is 31.3. The third-order valence-corrected chi connectivity index (χ3v) is 15.8. The molecule has 0 saturated heterocycles. The lowest BCUT2D eigenvalue weighted by Gasteiger charge is -2.20. The molecule has 2 aliphatic rings. The second-order valence-electron chi connectivity index (χ2n) is 23.8. The van der Waals surface area contributed by atoms with Crippen LogP contribution in [0, 0.1) is 30.3 Å². The number of rotatable bonds is 17. The summed E-state index contributed by atoms with van der Waals surface area (Å²) in [6, 6.07) is 54.0. The molecular formula is C74H88N10O11. The first-order valence-corrected chi connectivity index (χ1v) is 31.3. The van der Waals surface area contributed by atoms with Gasteiger partial charge in [-0.15, -0.1) is 0 Å². The lowest BCUT2D eigenvalue weighted by atomic mass is 9.99. The van der Waals surface area contributed by atoms with E-state index in [9.17, 15) is 35.4 Å². The van der Waals surface area contributed by atoms with Crippen molar-refractivity contribution in [3.8, 4) is 23.0 Å². The number of H-pyrrole nitrogens is 4. The summed E-state index contributed by atoms with van der Waals surface area (Å²) >= 11 is 0. The molecule has 21 nitrogen and oxygen atoms in total. The number of allylic oxidation sites excluding steroid dienone is 1. The number of nitrogens with one attached hydrogen (secondary N) is 6. The summed E-state index contributed by atoms with van der Waals surface area (Å²) in [5.74, 6) is 2.92. The van der Waals surface area contributed by atoms with Gasteiger partial charge in [0, 0.05) is 136 Å². The molecule has 95 heavy (non-hydrogen) atoms. The predicted molar refractivity (Wildman–Crippen MR) is 377 cm³/mol. The quantitative estimate of drug-likeness (QED) is 0.0302. The van der Waals surface area contributed by atoms with E-state index >= 15 is 0 Å². The molecule has 4 aromatic heterocycles. The van der Waals surface area contributed by atoms with Crippen LogP contribution in [0.25, 0.3) is 43.6 Å². The van der Waals surface area contributed by atoms with E-state index in [1.165, 1.54) is 74.7 Å². The van der Waals surface area contributed by atoms with E-state index in [0.29, 0.717) is 44.1 Å². The number of fused-ring (bicyclic) bond motifs is 8. The van der Waals surface area contributed by atoms with Crippen molar-refractivity contribution in [2.45, 2.75) is 138 Å². The number of hydrogen-bond donors (Lipinski definition) is 9. The van der Waals surface area contributed by atoms with Gasteiger partial charge in [0.2, 0.25) is 17.8 Å². The zero-order valence-electron chi connectivity index (χ0n) is 53.9. The number of aromatic amines is 4. The highest BCUT2D eigenvalue weighted by atomic mass is 16.6. The Labute approximate surface area is 553 Å². The number of nitrogens with two attached hydrogens (primary N) is 1. The molecule has 10 N–H and O–H groups in total.